The van der Waals surface area contributed by atoms with Crippen LogP contribution >= 0.6 is 9.24 Å². The second kappa shape index (κ2) is 9.93. The van der Waals surface area contributed by atoms with Gasteiger partial charge >= 0.3 is 5.97 Å². The molecule has 5 nitrogen and oxygen atoms in total. The predicted octanol–water partition coefficient (Wildman–Crippen LogP) is 2.92. The van der Waals surface area contributed by atoms with Crippen LogP contribution in [0.1, 0.15) is 41.3 Å². The van der Waals surface area contributed by atoms with Crippen molar-refractivity contribution in [1.82, 2.24) is 5.32 Å². The van der Waals surface area contributed by atoms with Crippen LogP contribution in [0.5, 0.6) is 5.75 Å². The number of aryl methyl sites for hydroxylation is 1. The summed E-state index contributed by atoms with van der Waals surface area (Å²) in [6.07, 6.45) is 1.14. The molecule has 0 aromatic heterocycles. The molecule has 2 N–H and O–H groups in total. The van der Waals surface area contributed by atoms with Crippen molar-refractivity contribution in [3.63, 3.8) is 0 Å². The average molecular weight is 373 g/mol. The van der Waals surface area contributed by atoms with Crippen molar-refractivity contribution < 1.29 is 19.4 Å². The highest BCUT2D eigenvalue weighted by Gasteiger charge is 2.14. The van der Waals surface area contributed by atoms with Crippen LogP contribution in [0.15, 0.2) is 42.5 Å². The first-order chi connectivity index (χ1) is 12.5. The third-order valence-corrected chi connectivity index (χ3v) is 4.46. The first kappa shape index (κ1) is 19.9. The van der Waals surface area contributed by atoms with E-state index in [-0.39, 0.29) is 12.3 Å². The molecule has 0 saturated carbocycles. The number of hydrogen-bond donors (Lipinski definition) is 2. The highest BCUT2D eigenvalue weighted by molar-refractivity contribution is 7.27. The molecular weight excluding hydrogens is 349 g/mol. The van der Waals surface area contributed by atoms with E-state index < -0.39 is 5.97 Å². The average Bonchev–Trinajstić information content (AvgIpc) is 2.64. The number of amides is 1. The number of ether oxygens (including phenoxy) is 1. The van der Waals surface area contributed by atoms with Crippen LogP contribution in [0.3, 0.4) is 0 Å². The van der Waals surface area contributed by atoms with Crippen molar-refractivity contribution in [3.05, 3.63) is 59.2 Å². The van der Waals surface area contributed by atoms with Crippen LogP contribution in [0.25, 0.3) is 0 Å². The monoisotopic (exact) mass is 373 g/mol. The van der Waals surface area contributed by atoms with Crippen molar-refractivity contribution >= 4 is 26.4 Å². The summed E-state index contributed by atoms with van der Waals surface area (Å²) in [5, 5.41) is 12.9. The Balaban J connectivity index is 2.17. The first-order valence-electron chi connectivity index (χ1n) is 8.60. The van der Waals surface area contributed by atoms with Crippen molar-refractivity contribution in [2.45, 2.75) is 32.7 Å². The van der Waals surface area contributed by atoms with Crippen molar-refractivity contribution in [2.24, 2.45) is 0 Å². The summed E-state index contributed by atoms with van der Waals surface area (Å²) in [4.78, 5) is 23.6. The molecule has 1 unspecified atom stereocenters. The zero-order chi connectivity index (χ0) is 18.9. The molecule has 2 aromatic rings. The SMILES string of the molecule is CCCOc1ccc(CCC(=O)O)c(C(=O)NCc2ccccc2P)c1. The summed E-state index contributed by atoms with van der Waals surface area (Å²) in [6, 6.07) is 13.0. The number of aliphatic carboxylic acids is 1. The first-order valence-corrected chi connectivity index (χ1v) is 9.18. The maximum absolute atomic E-state index is 12.7. The molecule has 0 heterocycles. The fourth-order valence-electron chi connectivity index (χ4n) is 2.50. The van der Waals surface area contributed by atoms with Gasteiger partial charge in [-0.1, -0.05) is 37.3 Å². The Morgan fingerprint density at radius 3 is 2.62 bits per heavy atom. The molecule has 1 atom stereocenters. The lowest BCUT2D eigenvalue weighted by Gasteiger charge is -2.13. The minimum Gasteiger partial charge on any atom is -0.494 e. The predicted molar refractivity (Wildman–Crippen MR) is 105 cm³/mol. The van der Waals surface area contributed by atoms with Gasteiger partial charge < -0.3 is 15.2 Å². The fourth-order valence-corrected chi connectivity index (χ4v) is 2.81. The number of carbonyl (C=O) groups is 2. The van der Waals surface area contributed by atoms with Gasteiger partial charge in [0, 0.05) is 18.5 Å². The number of carboxylic acids is 1. The third kappa shape index (κ3) is 5.85. The molecule has 2 rings (SSSR count). The minimum atomic E-state index is -0.889. The Labute approximate surface area is 156 Å². The standard InChI is InChI=1S/C20H24NO4P/c1-2-11-25-16-9-7-14(8-10-19(22)23)17(12-16)20(24)21-13-15-5-3-4-6-18(15)26/h3-7,9,12H,2,8,10-11,13,26H2,1H3,(H,21,24)(H,22,23). The van der Waals surface area contributed by atoms with E-state index in [0.29, 0.717) is 36.4 Å². The Morgan fingerprint density at radius 2 is 1.92 bits per heavy atom. The number of hydrogen-bond acceptors (Lipinski definition) is 3. The van der Waals surface area contributed by atoms with Gasteiger partial charge in [-0.25, -0.2) is 0 Å². The maximum atomic E-state index is 12.7. The lowest BCUT2D eigenvalue weighted by atomic mass is 10.0. The Kier molecular flexibility index (Phi) is 7.61. The van der Waals surface area contributed by atoms with Crippen molar-refractivity contribution in [2.75, 3.05) is 6.61 Å². The van der Waals surface area contributed by atoms with Crippen LogP contribution in [0.4, 0.5) is 0 Å². The van der Waals surface area contributed by atoms with E-state index in [9.17, 15) is 9.59 Å². The molecule has 0 aliphatic heterocycles. The summed E-state index contributed by atoms with van der Waals surface area (Å²) in [5.41, 5.74) is 2.17. The molecule has 6 heteroatoms. The number of carboxylic acid groups (broad SMARTS) is 1. The Bertz CT molecular complexity index is 776. The summed E-state index contributed by atoms with van der Waals surface area (Å²) < 4.78 is 5.61. The second-order valence-corrected chi connectivity index (χ2v) is 6.56. The van der Waals surface area contributed by atoms with Gasteiger partial charge in [0.05, 0.1) is 6.61 Å². The molecule has 0 fully saturated rings. The highest BCUT2D eigenvalue weighted by Crippen LogP contribution is 2.20. The van der Waals surface area contributed by atoms with E-state index in [1.165, 1.54) is 0 Å². The van der Waals surface area contributed by atoms with E-state index in [0.717, 1.165) is 17.3 Å². The maximum Gasteiger partial charge on any atom is 0.303 e. The molecule has 0 radical (unpaired) electrons. The topological polar surface area (TPSA) is 75.6 Å². The molecule has 1 amide bonds. The second-order valence-electron chi connectivity index (χ2n) is 5.94. The quantitative estimate of drug-likeness (QED) is 0.663. The zero-order valence-electron chi connectivity index (χ0n) is 14.8. The molecule has 26 heavy (non-hydrogen) atoms. The molecule has 138 valence electrons. The molecule has 0 aliphatic carbocycles. The summed E-state index contributed by atoms with van der Waals surface area (Å²) in [6.45, 7) is 2.97. The van der Waals surface area contributed by atoms with Gasteiger partial charge in [-0.05, 0) is 41.4 Å². The largest absolute Gasteiger partial charge is 0.494 e. The summed E-state index contributed by atoms with van der Waals surface area (Å²) >= 11 is 0. The van der Waals surface area contributed by atoms with Crippen molar-refractivity contribution in [1.29, 1.82) is 0 Å². The molecule has 0 bridgehead atoms. The van der Waals surface area contributed by atoms with E-state index in [2.05, 4.69) is 14.6 Å². The highest BCUT2D eigenvalue weighted by atomic mass is 31.0. The number of rotatable bonds is 9. The van der Waals surface area contributed by atoms with E-state index in [4.69, 9.17) is 9.84 Å². The van der Waals surface area contributed by atoms with E-state index >= 15 is 0 Å². The molecule has 0 spiro atoms. The number of carbonyl (C=O) groups excluding carboxylic acids is 1. The fraction of sp³-hybridized carbons (Fsp3) is 0.300. The molecule has 2 aromatic carbocycles. The van der Waals surface area contributed by atoms with Gasteiger partial charge in [-0.3, -0.25) is 9.59 Å². The minimum absolute atomic E-state index is 0.0239. The van der Waals surface area contributed by atoms with Gasteiger partial charge in [0.1, 0.15) is 5.75 Å². The van der Waals surface area contributed by atoms with Gasteiger partial charge in [0.25, 0.3) is 5.91 Å². The number of nitrogens with one attached hydrogen (secondary N) is 1. The normalized spacial score (nSPS) is 10.4. The zero-order valence-corrected chi connectivity index (χ0v) is 16.0. The third-order valence-electron chi connectivity index (χ3n) is 3.90. The van der Waals surface area contributed by atoms with Crippen LogP contribution in [0, 0.1) is 0 Å². The Hall–Kier alpha value is -2.39. The van der Waals surface area contributed by atoms with E-state index in [1.54, 1.807) is 18.2 Å². The lowest BCUT2D eigenvalue weighted by Crippen LogP contribution is -2.26. The summed E-state index contributed by atoms with van der Waals surface area (Å²) in [5.74, 6) is -0.511. The van der Waals surface area contributed by atoms with Crippen molar-refractivity contribution in [3.8, 4) is 5.75 Å². The van der Waals surface area contributed by atoms with Gasteiger partial charge in [-0.2, -0.15) is 0 Å². The van der Waals surface area contributed by atoms with Gasteiger partial charge in [-0.15, -0.1) is 9.24 Å². The molecule has 0 saturated heterocycles. The summed E-state index contributed by atoms with van der Waals surface area (Å²) in [7, 11) is 2.65. The number of benzene rings is 2. The molecular formula is C20H24NO4P. The van der Waals surface area contributed by atoms with Crippen LogP contribution < -0.4 is 15.4 Å². The van der Waals surface area contributed by atoms with Gasteiger partial charge in [0.15, 0.2) is 0 Å². The van der Waals surface area contributed by atoms with E-state index in [1.807, 2.05) is 31.2 Å². The van der Waals surface area contributed by atoms with Gasteiger partial charge in [0.2, 0.25) is 0 Å². The smallest absolute Gasteiger partial charge is 0.303 e. The van der Waals surface area contributed by atoms with Crippen LogP contribution in [0.2, 0.25) is 0 Å². The lowest BCUT2D eigenvalue weighted by molar-refractivity contribution is -0.136. The molecule has 0 aliphatic rings. The Morgan fingerprint density at radius 1 is 1.15 bits per heavy atom. The van der Waals surface area contributed by atoms with Crippen LogP contribution in [-0.4, -0.2) is 23.6 Å². The van der Waals surface area contributed by atoms with Crippen LogP contribution in [-0.2, 0) is 17.8 Å².